The minimum absolute atomic E-state index is 0.266. The van der Waals surface area contributed by atoms with Gasteiger partial charge < -0.3 is 4.74 Å². The summed E-state index contributed by atoms with van der Waals surface area (Å²) in [5.74, 6) is -0.439. The number of benzene rings is 2. The zero-order valence-electron chi connectivity index (χ0n) is 13.1. The van der Waals surface area contributed by atoms with Crippen molar-refractivity contribution in [2.45, 2.75) is 20.8 Å². The lowest BCUT2D eigenvalue weighted by Gasteiger charge is -2.08. The fourth-order valence-corrected chi connectivity index (χ4v) is 1.89. The number of carbonyl (C=O) groups is 1. The van der Waals surface area contributed by atoms with E-state index in [0.717, 1.165) is 16.8 Å². The molecule has 2 aromatic carbocycles. The van der Waals surface area contributed by atoms with Gasteiger partial charge in [-0.2, -0.15) is 5.10 Å². The number of nitrogens with zero attached hydrogens (tertiary/aromatic N) is 1. The van der Waals surface area contributed by atoms with Crippen molar-refractivity contribution in [2.24, 2.45) is 5.10 Å². The van der Waals surface area contributed by atoms with Crippen molar-refractivity contribution >= 4 is 17.4 Å². The van der Waals surface area contributed by atoms with Crippen molar-refractivity contribution in [2.75, 3.05) is 12.0 Å². The number of nitrogens with one attached hydrogen (secondary N) is 1. The van der Waals surface area contributed by atoms with E-state index in [1.165, 1.54) is 5.56 Å². The van der Waals surface area contributed by atoms with Crippen LogP contribution >= 0.6 is 0 Å². The predicted molar refractivity (Wildman–Crippen MR) is 89.2 cm³/mol. The van der Waals surface area contributed by atoms with Crippen LogP contribution in [0.2, 0.25) is 0 Å². The molecule has 0 fully saturated rings. The van der Waals surface area contributed by atoms with Gasteiger partial charge in [-0.3, -0.25) is 5.43 Å². The maximum atomic E-state index is 12.1. The molecule has 1 N–H and O–H groups in total. The number of rotatable bonds is 5. The number of aryl methyl sites for hydroxylation is 2. The highest BCUT2D eigenvalue weighted by molar-refractivity contribution is 6.43. The van der Waals surface area contributed by atoms with Crippen molar-refractivity contribution in [1.29, 1.82) is 0 Å². The van der Waals surface area contributed by atoms with E-state index in [1.807, 2.05) is 62.4 Å². The summed E-state index contributed by atoms with van der Waals surface area (Å²) in [7, 11) is 0. The molecule has 2 aromatic rings. The third-order valence-corrected chi connectivity index (χ3v) is 3.14. The summed E-state index contributed by atoms with van der Waals surface area (Å²) in [6.45, 7) is 6.10. The molecule has 0 aliphatic carbocycles. The van der Waals surface area contributed by atoms with Gasteiger partial charge in [0.15, 0.2) is 5.71 Å². The molecular weight excluding hydrogens is 276 g/mol. The molecule has 4 heteroatoms. The maximum Gasteiger partial charge on any atom is 0.359 e. The first kappa shape index (κ1) is 15.8. The smallest absolute Gasteiger partial charge is 0.359 e. The molecule has 0 aliphatic heterocycles. The summed E-state index contributed by atoms with van der Waals surface area (Å²) in [5, 5.41) is 4.23. The molecule has 2 rings (SSSR count). The van der Waals surface area contributed by atoms with Gasteiger partial charge in [-0.25, -0.2) is 4.79 Å². The molecular formula is C18H20N2O2. The van der Waals surface area contributed by atoms with Crippen LogP contribution in [-0.2, 0) is 9.53 Å². The van der Waals surface area contributed by atoms with Crippen LogP contribution in [0.25, 0.3) is 0 Å². The third-order valence-electron chi connectivity index (χ3n) is 3.14. The maximum absolute atomic E-state index is 12.1. The highest BCUT2D eigenvalue weighted by atomic mass is 16.5. The van der Waals surface area contributed by atoms with Gasteiger partial charge in [-0.05, 0) is 32.9 Å². The minimum Gasteiger partial charge on any atom is -0.461 e. The molecule has 0 saturated carbocycles. The average molecular weight is 296 g/mol. The van der Waals surface area contributed by atoms with Gasteiger partial charge in [0.2, 0.25) is 0 Å². The Kier molecular flexibility index (Phi) is 5.31. The largest absolute Gasteiger partial charge is 0.461 e. The first-order valence-corrected chi connectivity index (χ1v) is 7.24. The Hall–Kier alpha value is -2.62. The van der Waals surface area contributed by atoms with Crippen molar-refractivity contribution in [3.05, 3.63) is 65.2 Å². The van der Waals surface area contributed by atoms with E-state index in [4.69, 9.17) is 4.74 Å². The lowest BCUT2D eigenvalue weighted by atomic mass is 10.1. The molecule has 0 amide bonds. The summed E-state index contributed by atoms with van der Waals surface area (Å²) in [4.78, 5) is 12.1. The Balaban J connectivity index is 2.27. The van der Waals surface area contributed by atoms with E-state index in [0.29, 0.717) is 6.61 Å². The molecule has 0 aliphatic rings. The Labute approximate surface area is 130 Å². The second kappa shape index (κ2) is 7.41. The summed E-state index contributed by atoms with van der Waals surface area (Å²) >= 11 is 0. The van der Waals surface area contributed by atoms with E-state index >= 15 is 0 Å². The van der Waals surface area contributed by atoms with Crippen molar-refractivity contribution in [3.8, 4) is 0 Å². The summed E-state index contributed by atoms with van der Waals surface area (Å²) < 4.78 is 5.09. The van der Waals surface area contributed by atoms with Crippen LogP contribution in [0.1, 0.15) is 23.6 Å². The van der Waals surface area contributed by atoms with E-state index in [2.05, 4.69) is 10.5 Å². The molecule has 0 spiro atoms. The second-order valence-electron chi connectivity index (χ2n) is 5.02. The van der Waals surface area contributed by atoms with Gasteiger partial charge in [-0.1, -0.05) is 47.5 Å². The lowest BCUT2D eigenvalue weighted by Crippen LogP contribution is -2.20. The molecule has 0 unspecified atom stereocenters. The summed E-state index contributed by atoms with van der Waals surface area (Å²) in [5.41, 5.74) is 7.01. The number of hydrogen-bond acceptors (Lipinski definition) is 4. The van der Waals surface area contributed by atoms with Crippen LogP contribution in [0, 0.1) is 13.8 Å². The number of esters is 1. The standard InChI is InChI=1S/C18H20N2O2/c1-4-22-18(21)17(15-9-5-13(2)6-10-15)20-19-16-11-7-14(3)8-12-16/h5-12,19H,4H2,1-3H3. The van der Waals surface area contributed by atoms with Crippen LogP contribution in [0.15, 0.2) is 53.6 Å². The number of carbonyl (C=O) groups excluding carboxylic acids is 1. The Morgan fingerprint density at radius 2 is 1.55 bits per heavy atom. The topological polar surface area (TPSA) is 50.7 Å². The van der Waals surface area contributed by atoms with Crippen LogP contribution in [0.4, 0.5) is 5.69 Å². The van der Waals surface area contributed by atoms with Gasteiger partial charge in [0.05, 0.1) is 12.3 Å². The fraction of sp³-hybridized carbons (Fsp3) is 0.222. The van der Waals surface area contributed by atoms with Crippen LogP contribution in [-0.4, -0.2) is 18.3 Å². The second-order valence-corrected chi connectivity index (χ2v) is 5.02. The van der Waals surface area contributed by atoms with Gasteiger partial charge in [0.25, 0.3) is 0 Å². The van der Waals surface area contributed by atoms with E-state index in [1.54, 1.807) is 6.92 Å². The van der Waals surface area contributed by atoms with Gasteiger partial charge in [-0.15, -0.1) is 0 Å². The summed E-state index contributed by atoms with van der Waals surface area (Å²) in [6, 6.07) is 15.4. The molecule has 114 valence electrons. The quantitative estimate of drug-likeness (QED) is 0.520. The number of hydrazone groups is 1. The zero-order valence-corrected chi connectivity index (χ0v) is 13.1. The van der Waals surface area contributed by atoms with E-state index < -0.39 is 5.97 Å². The van der Waals surface area contributed by atoms with Crippen LogP contribution in [0.5, 0.6) is 0 Å². The molecule has 0 atom stereocenters. The molecule has 4 nitrogen and oxygen atoms in total. The minimum atomic E-state index is -0.439. The Morgan fingerprint density at radius 3 is 2.09 bits per heavy atom. The molecule has 0 radical (unpaired) electrons. The van der Waals surface area contributed by atoms with E-state index in [9.17, 15) is 4.79 Å². The molecule has 22 heavy (non-hydrogen) atoms. The lowest BCUT2D eigenvalue weighted by molar-refractivity contribution is -0.134. The highest BCUT2D eigenvalue weighted by Gasteiger charge is 2.15. The fourth-order valence-electron chi connectivity index (χ4n) is 1.89. The van der Waals surface area contributed by atoms with Crippen molar-refractivity contribution in [3.63, 3.8) is 0 Å². The van der Waals surface area contributed by atoms with Gasteiger partial charge in [0, 0.05) is 5.56 Å². The highest BCUT2D eigenvalue weighted by Crippen LogP contribution is 2.11. The monoisotopic (exact) mass is 296 g/mol. The van der Waals surface area contributed by atoms with Crippen LogP contribution in [0.3, 0.4) is 0 Å². The number of hydrogen-bond donors (Lipinski definition) is 1. The first-order valence-electron chi connectivity index (χ1n) is 7.24. The Morgan fingerprint density at radius 1 is 1.00 bits per heavy atom. The van der Waals surface area contributed by atoms with Crippen molar-refractivity contribution < 1.29 is 9.53 Å². The molecule has 0 heterocycles. The normalized spacial score (nSPS) is 11.1. The average Bonchev–Trinajstić information content (AvgIpc) is 2.51. The SMILES string of the molecule is CCOC(=O)C(=NNc1ccc(C)cc1)c1ccc(C)cc1. The molecule has 0 saturated heterocycles. The van der Waals surface area contributed by atoms with Crippen LogP contribution < -0.4 is 5.43 Å². The van der Waals surface area contributed by atoms with E-state index in [-0.39, 0.29) is 5.71 Å². The Bertz CT molecular complexity index is 658. The zero-order chi connectivity index (χ0) is 15.9. The van der Waals surface area contributed by atoms with Crippen molar-refractivity contribution in [1.82, 2.24) is 0 Å². The number of ether oxygens (including phenoxy) is 1. The number of anilines is 1. The van der Waals surface area contributed by atoms with Gasteiger partial charge in [0.1, 0.15) is 0 Å². The first-order chi connectivity index (χ1) is 10.6. The molecule has 0 bridgehead atoms. The third kappa shape index (κ3) is 4.19. The predicted octanol–water partition coefficient (Wildman–Crippen LogP) is 3.68. The summed E-state index contributed by atoms with van der Waals surface area (Å²) in [6.07, 6.45) is 0. The molecule has 0 aromatic heterocycles. The van der Waals surface area contributed by atoms with Gasteiger partial charge >= 0.3 is 5.97 Å².